The van der Waals surface area contributed by atoms with Gasteiger partial charge in [0, 0.05) is 26.1 Å². The van der Waals surface area contributed by atoms with Crippen LogP contribution < -0.4 is 10.5 Å². The molecule has 0 aliphatic rings. The van der Waals surface area contributed by atoms with Crippen molar-refractivity contribution in [2.45, 2.75) is 25.8 Å². The molecule has 0 saturated carbocycles. The molecule has 0 radical (unpaired) electrons. The van der Waals surface area contributed by atoms with E-state index in [2.05, 4.69) is 0 Å². The van der Waals surface area contributed by atoms with E-state index in [0.717, 1.165) is 11.3 Å². The molecule has 100 valence electrons. The summed E-state index contributed by atoms with van der Waals surface area (Å²) in [6.07, 6.45) is 1.16. The molecule has 1 unspecified atom stereocenters. The maximum atomic E-state index is 11.9. The Morgan fingerprint density at radius 1 is 1.44 bits per heavy atom. The van der Waals surface area contributed by atoms with Crippen LogP contribution in [-0.2, 0) is 11.2 Å². The molecule has 0 aliphatic carbocycles. The highest BCUT2D eigenvalue weighted by Gasteiger charge is 2.14. The van der Waals surface area contributed by atoms with Gasteiger partial charge in [0.15, 0.2) is 0 Å². The van der Waals surface area contributed by atoms with E-state index in [9.17, 15) is 4.79 Å². The molecule has 4 nitrogen and oxygen atoms in total. The van der Waals surface area contributed by atoms with Gasteiger partial charge in [0.05, 0.1) is 7.11 Å². The number of likely N-dealkylation sites (N-methyl/N-ethyl adjacent to an activating group) is 1. The van der Waals surface area contributed by atoms with Crippen LogP contribution in [0.2, 0.25) is 0 Å². The summed E-state index contributed by atoms with van der Waals surface area (Å²) in [7, 11) is 3.44. The van der Waals surface area contributed by atoms with E-state index in [1.54, 1.807) is 19.1 Å². The van der Waals surface area contributed by atoms with Crippen LogP contribution in [0.5, 0.6) is 5.75 Å². The first kappa shape index (κ1) is 14.5. The highest BCUT2D eigenvalue weighted by molar-refractivity contribution is 5.76. The molecule has 1 amide bonds. The zero-order chi connectivity index (χ0) is 13.5. The third-order valence-corrected chi connectivity index (χ3v) is 3.20. The van der Waals surface area contributed by atoms with Crippen molar-refractivity contribution >= 4 is 5.91 Å². The smallest absolute Gasteiger partial charge is 0.222 e. The Bertz CT molecular complexity index is 393. The third-order valence-electron chi connectivity index (χ3n) is 3.20. The molecule has 0 aromatic heterocycles. The number of nitrogens with zero attached hydrogens (tertiary/aromatic N) is 1. The standard InChI is InChI=1S/C14H22N2O2/c1-11(10-15)16(2)14(17)9-8-12-6-4-5-7-13(12)18-3/h4-7,11H,8-10,15H2,1-3H3. The maximum Gasteiger partial charge on any atom is 0.222 e. The monoisotopic (exact) mass is 250 g/mol. The average molecular weight is 250 g/mol. The number of hydrogen-bond acceptors (Lipinski definition) is 3. The number of hydrogen-bond donors (Lipinski definition) is 1. The van der Waals surface area contributed by atoms with Gasteiger partial charge in [-0.15, -0.1) is 0 Å². The molecule has 0 bridgehead atoms. The van der Waals surface area contributed by atoms with Crippen molar-refractivity contribution in [3.05, 3.63) is 29.8 Å². The van der Waals surface area contributed by atoms with Crippen molar-refractivity contribution < 1.29 is 9.53 Å². The fourth-order valence-corrected chi connectivity index (χ4v) is 1.73. The molecular formula is C14H22N2O2. The van der Waals surface area contributed by atoms with E-state index in [1.807, 2.05) is 31.2 Å². The molecule has 18 heavy (non-hydrogen) atoms. The Labute approximate surface area is 109 Å². The van der Waals surface area contributed by atoms with E-state index in [1.165, 1.54) is 0 Å². The van der Waals surface area contributed by atoms with E-state index < -0.39 is 0 Å². The summed E-state index contributed by atoms with van der Waals surface area (Å²) < 4.78 is 5.26. The number of carbonyl (C=O) groups excluding carboxylic acids is 1. The first-order chi connectivity index (χ1) is 8.60. The Morgan fingerprint density at radius 3 is 2.72 bits per heavy atom. The van der Waals surface area contributed by atoms with Crippen molar-refractivity contribution in [2.75, 3.05) is 20.7 Å². The lowest BCUT2D eigenvalue weighted by molar-refractivity contribution is -0.131. The van der Waals surface area contributed by atoms with Crippen LogP contribution in [0, 0.1) is 0 Å². The minimum Gasteiger partial charge on any atom is -0.496 e. The largest absolute Gasteiger partial charge is 0.496 e. The number of benzene rings is 1. The van der Waals surface area contributed by atoms with Crippen molar-refractivity contribution in [3.63, 3.8) is 0 Å². The molecule has 1 rings (SSSR count). The Hall–Kier alpha value is -1.55. The van der Waals surface area contributed by atoms with Crippen molar-refractivity contribution in [1.82, 2.24) is 4.90 Å². The third kappa shape index (κ3) is 3.74. The Balaban J connectivity index is 2.57. The minimum absolute atomic E-state index is 0.0789. The van der Waals surface area contributed by atoms with E-state index in [4.69, 9.17) is 10.5 Å². The van der Waals surface area contributed by atoms with E-state index in [-0.39, 0.29) is 11.9 Å². The van der Waals surface area contributed by atoms with Gasteiger partial charge < -0.3 is 15.4 Å². The molecule has 0 spiro atoms. The van der Waals surface area contributed by atoms with Gasteiger partial charge in [0.1, 0.15) is 5.75 Å². The van der Waals surface area contributed by atoms with Crippen LogP contribution in [0.4, 0.5) is 0 Å². The lowest BCUT2D eigenvalue weighted by atomic mass is 10.1. The molecule has 4 heteroatoms. The van der Waals surface area contributed by atoms with Gasteiger partial charge in [-0.2, -0.15) is 0 Å². The first-order valence-corrected chi connectivity index (χ1v) is 6.17. The number of rotatable bonds is 6. The number of ether oxygens (including phenoxy) is 1. The molecule has 2 N–H and O–H groups in total. The van der Waals surface area contributed by atoms with Gasteiger partial charge in [0.2, 0.25) is 5.91 Å². The van der Waals surface area contributed by atoms with Crippen molar-refractivity contribution in [1.29, 1.82) is 0 Å². The van der Waals surface area contributed by atoms with Gasteiger partial charge in [-0.25, -0.2) is 0 Å². The lowest BCUT2D eigenvalue weighted by Gasteiger charge is -2.23. The van der Waals surface area contributed by atoms with Crippen LogP contribution in [-0.4, -0.2) is 37.6 Å². The van der Waals surface area contributed by atoms with Gasteiger partial charge in [-0.3, -0.25) is 4.79 Å². The second kappa shape index (κ2) is 7.01. The van der Waals surface area contributed by atoms with Crippen LogP contribution in [0.25, 0.3) is 0 Å². The van der Waals surface area contributed by atoms with Crippen molar-refractivity contribution in [2.24, 2.45) is 5.73 Å². The highest BCUT2D eigenvalue weighted by Crippen LogP contribution is 2.19. The second-order valence-electron chi connectivity index (χ2n) is 4.40. The fraction of sp³-hybridized carbons (Fsp3) is 0.500. The topological polar surface area (TPSA) is 55.6 Å². The van der Waals surface area contributed by atoms with Crippen molar-refractivity contribution in [3.8, 4) is 5.75 Å². The molecule has 1 aromatic carbocycles. The van der Waals surface area contributed by atoms with Gasteiger partial charge in [0.25, 0.3) is 0 Å². The fourth-order valence-electron chi connectivity index (χ4n) is 1.73. The van der Waals surface area contributed by atoms with E-state index in [0.29, 0.717) is 19.4 Å². The van der Waals surface area contributed by atoms with Gasteiger partial charge in [-0.05, 0) is 25.0 Å². The van der Waals surface area contributed by atoms with Crippen LogP contribution in [0.15, 0.2) is 24.3 Å². The number of nitrogens with two attached hydrogens (primary N) is 1. The number of aryl methyl sites for hydroxylation is 1. The quantitative estimate of drug-likeness (QED) is 0.831. The molecule has 0 fully saturated rings. The van der Waals surface area contributed by atoms with Crippen LogP contribution >= 0.6 is 0 Å². The molecule has 1 aromatic rings. The molecular weight excluding hydrogens is 228 g/mol. The molecule has 0 aliphatic heterocycles. The molecule has 0 heterocycles. The summed E-state index contributed by atoms with van der Waals surface area (Å²) in [4.78, 5) is 13.6. The predicted octanol–water partition coefficient (Wildman–Crippen LogP) is 1.43. The Morgan fingerprint density at radius 2 is 2.11 bits per heavy atom. The zero-order valence-corrected chi connectivity index (χ0v) is 11.3. The zero-order valence-electron chi connectivity index (χ0n) is 11.3. The van der Waals surface area contributed by atoms with Crippen LogP contribution in [0.3, 0.4) is 0 Å². The van der Waals surface area contributed by atoms with E-state index >= 15 is 0 Å². The normalized spacial score (nSPS) is 12.0. The number of amides is 1. The summed E-state index contributed by atoms with van der Waals surface area (Å²) in [6, 6.07) is 7.85. The summed E-state index contributed by atoms with van der Waals surface area (Å²) in [6.45, 7) is 2.43. The molecule has 0 saturated heterocycles. The summed E-state index contributed by atoms with van der Waals surface area (Å²) >= 11 is 0. The first-order valence-electron chi connectivity index (χ1n) is 6.17. The number of methoxy groups -OCH3 is 1. The minimum atomic E-state index is 0.0789. The SMILES string of the molecule is COc1ccccc1CCC(=O)N(C)C(C)CN. The van der Waals surface area contributed by atoms with Crippen LogP contribution in [0.1, 0.15) is 18.9 Å². The number of carbonyl (C=O) groups is 1. The Kier molecular flexibility index (Phi) is 5.65. The summed E-state index contributed by atoms with van der Waals surface area (Å²) in [5.74, 6) is 0.943. The van der Waals surface area contributed by atoms with Gasteiger partial charge in [-0.1, -0.05) is 18.2 Å². The summed E-state index contributed by atoms with van der Waals surface area (Å²) in [5, 5.41) is 0. The predicted molar refractivity (Wildman–Crippen MR) is 72.6 cm³/mol. The molecule has 1 atom stereocenters. The maximum absolute atomic E-state index is 11.9. The highest BCUT2D eigenvalue weighted by atomic mass is 16.5. The summed E-state index contributed by atoms with van der Waals surface area (Å²) in [5.41, 5.74) is 6.61. The number of para-hydroxylation sites is 1. The average Bonchev–Trinajstić information content (AvgIpc) is 2.43. The lowest BCUT2D eigenvalue weighted by Crippen LogP contribution is -2.39. The van der Waals surface area contributed by atoms with Gasteiger partial charge >= 0.3 is 0 Å². The second-order valence-corrected chi connectivity index (χ2v) is 4.40.